The molecule has 1 aromatic carbocycles. The maximum atomic E-state index is 12.3. The molecule has 0 fully saturated rings. The summed E-state index contributed by atoms with van der Waals surface area (Å²) >= 11 is 0. The van der Waals surface area contributed by atoms with Crippen LogP contribution in [0.3, 0.4) is 0 Å². The summed E-state index contributed by atoms with van der Waals surface area (Å²) in [6.07, 6.45) is -0.230. The number of likely N-dealkylation sites (N-methyl/N-ethyl adjacent to an activating group) is 1. The standard InChI is InChI=1S/C19H25N3O7/c1-4-22(10-16(24)21-13(11-23)8-18(26)27)17(25)9-20-19(28)14-6-5-7-15(29-3)12(14)2/h5-7,11,13H,4,8-10H2,1-3H3,(H,20,28)(H,21,24)(H,26,27)/t13-/m0/s1. The van der Waals surface area contributed by atoms with Crippen LogP contribution in [0.1, 0.15) is 29.3 Å². The normalized spacial score (nSPS) is 11.1. The van der Waals surface area contributed by atoms with Crippen molar-refractivity contribution in [2.24, 2.45) is 0 Å². The lowest BCUT2D eigenvalue weighted by Gasteiger charge is -2.21. The number of aldehydes is 1. The minimum absolute atomic E-state index is 0.186. The topological polar surface area (TPSA) is 142 Å². The smallest absolute Gasteiger partial charge is 0.305 e. The molecule has 0 aliphatic rings. The Kier molecular flexibility index (Phi) is 9.30. The zero-order chi connectivity index (χ0) is 22.0. The van der Waals surface area contributed by atoms with Gasteiger partial charge in [-0.2, -0.15) is 0 Å². The number of aliphatic carboxylic acids is 1. The monoisotopic (exact) mass is 407 g/mol. The minimum atomic E-state index is -1.23. The van der Waals surface area contributed by atoms with E-state index in [0.29, 0.717) is 23.2 Å². The molecule has 0 bridgehead atoms. The van der Waals surface area contributed by atoms with E-state index in [1.807, 2.05) is 0 Å². The Morgan fingerprint density at radius 3 is 2.52 bits per heavy atom. The van der Waals surface area contributed by atoms with Crippen molar-refractivity contribution in [2.45, 2.75) is 26.3 Å². The predicted molar refractivity (Wildman–Crippen MR) is 103 cm³/mol. The molecule has 1 atom stereocenters. The fourth-order valence-electron chi connectivity index (χ4n) is 2.57. The van der Waals surface area contributed by atoms with Crippen molar-refractivity contribution in [1.82, 2.24) is 15.5 Å². The number of carbonyl (C=O) groups is 5. The molecule has 158 valence electrons. The molecular formula is C19H25N3O7. The van der Waals surface area contributed by atoms with Gasteiger partial charge in [0.2, 0.25) is 11.8 Å². The molecule has 10 heteroatoms. The number of nitrogens with one attached hydrogen (secondary N) is 2. The van der Waals surface area contributed by atoms with Crippen molar-refractivity contribution in [1.29, 1.82) is 0 Å². The molecule has 10 nitrogen and oxygen atoms in total. The van der Waals surface area contributed by atoms with E-state index in [-0.39, 0.29) is 19.6 Å². The summed E-state index contributed by atoms with van der Waals surface area (Å²) in [5.41, 5.74) is 0.991. The number of carboxylic acid groups (broad SMARTS) is 1. The van der Waals surface area contributed by atoms with Gasteiger partial charge < -0.3 is 30.2 Å². The van der Waals surface area contributed by atoms with Gasteiger partial charge in [0.1, 0.15) is 12.0 Å². The Hall–Kier alpha value is -3.43. The third-order valence-corrected chi connectivity index (χ3v) is 4.12. The molecule has 0 radical (unpaired) electrons. The van der Waals surface area contributed by atoms with Gasteiger partial charge in [0, 0.05) is 17.7 Å². The second-order valence-corrected chi connectivity index (χ2v) is 6.13. The van der Waals surface area contributed by atoms with Gasteiger partial charge in [-0.15, -0.1) is 0 Å². The van der Waals surface area contributed by atoms with E-state index in [2.05, 4.69) is 10.6 Å². The predicted octanol–water partition coefficient (Wildman–Crippen LogP) is -0.260. The Morgan fingerprint density at radius 2 is 1.97 bits per heavy atom. The van der Waals surface area contributed by atoms with Crippen LogP contribution in [0.2, 0.25) is 0 Å². The molecule has 0 unspecified atom stereocenters. The van der Waals surface area contributed by atoms with Gasteiger partial charge in [-0.3, -0.25) is 19.2 Å². The second-order valence-electron chi connectivity index (χ2n) is 6.13. The van der Waals surface area contributed by atoms with Gasteiger partial charge in [0.05, 0.1) is 32.7 Å². The van der Waals surface area contributed by atoms with Gasteiger partial charge >= 0.3 is 5.97 Å². The first-order valence-electron chi connectivity index (χ1n) is 8.89. The molecule has 0 aliphatic carbocycles. The highest BCUT2D eigenvalue weighted by molar-refractivity contribution is 5.98. The number of rotatable bonds is 11. The number of hydrogen-bond acceptors (Lipinski definition) is 6. The molecule has 0 saturated carbocycles. The quantitative estimate of drug-likeness (QED) is 0.429. The van der Waals surface area contributed by atoms with Crippen molar-refractivity contribution in [3.05, 3.63) is 29.3 Å². The van der Waals surface area contributed by atoms with E-state index in [0.717, 1.165) is 0 Å². The lowest BCUT2D eigenvalue weighted by Crippen LogP contribution is -2.47. The molecule has 1 rings (SSSR count). The molecule has 0 saturated heterocycles. The minimum Gasteiger partial charge on any atom is -0.496 e. The van der Waals surface area contributed by atoms with E-state index in [1.54, 1.807) is 32.0 Å². The lowest BCUT2D eigenvalue weighted by atomic mass is 10.1. The third-order valence-electron chi connectivity index (χ3n) is 4.12. The number of methoxy groups -OCH3 is 1. The molecule has 0 heterocycles. The molecule has 0 aromatic heterocycles. The van der Waals surface area contributed by atoms with Crippen LogP contribution in [-0.2, 0) is 19.2 Å². The molecule has 3 N–H and O–H groups in total. The highest BCUT2D eigenvalue weighted by atomic mass is 16.5. The molecule has 0 spiro atoms. The summed E-state index contributed by atoms with van der Waals surface area (Å²) < 4.78 is 5.16. The van der Waals surface area contributed by atoms with Crippen molar-refractivity contribution in [2.75, 3.05) is 26.7 Å². The van der Waals surface area contributed by atoms with Crippen LogP contribution in [0.25, 0.3) is 0 Å². The average Bonchev–Trinajstić information content (AvgIpc) is 2.69. The fourth-order valence-corrected chi connectivity index (χ4v) is 2.57. The van der Waals surface area contributed by atoms with Crippen molar-refractivity contribution >= 4 is 30.0 Å². The number of ether oxygens (including phenoxy) is 1. The summed E-state index contributed by atoms with van der Waals surface area (Å²) in [6, 6.07) is 3.80. The zero-order valence-corrected chi connectivity index (χ0v) is 16.6. The van der Waals surface area contributed by atoms with Gasteiger partial charge in [0.25, 0.3) is 5.91 Å². The third kappa shape index (κ3) is 7.24. The number of benzene rings is 1. The molecule has 29 heavy (non-hydrogen) atoms. The van der Waals surface area contributed by atoms with Crippen molar-refractivity contribution < 1.29 is 33.8 Å². The van der Waals surface area contributed by atoms with Crippen LogP contribution in [0.5, 0.6) is 5.75 Å². The van der Waals surface area contributed by atoms with Gasteiger partial charge in [-0.05, 0) is 26.0 Å². The summed E-state index contributed by atoms with van der Waals surface area (Å²) in [5, 5.41) is 13.4. The number of nitrogens with zero attached hydrogens (tertiary/aromatic N) is 1. The summed E-state index contributed by atoms with van der Waals surface area (Å²) in [4.78, 5) is 59.3. The number of carbonyl (C=O) groups excluding carboxylic acids is 4. The first-order valence-corrected chi connectivity index (χ1v) is 8.89. The number of hydrogen-bond donors (Lipinski definition) is 3. The van der Waals surface area contributed by atoms with Gasteiger partial charge in [-0.1, -0.05) is 6.07 Å². The van der Waals surface area contributed by atoms with Crippen molar-refractivity contribution in [3.8, 4) is 5.75 Å². The fraction of sp³-hybridized carbons (Fsp3) is 0.421. The van der Waals surface area contributed by atoms with Crippen LogP contribution >= 0.6 is 0 Å². The van der Waals surface area contributed by atoms with E-state index in [4.69, 9.17) is 9.84 Å². The summed E-state index contributed by atoms with van der Waals surface area (Å²) in [6.45, 7) is 2.85. The molecule has 3 amide bonds. The Labute approximate surface area is 168 Å². The lowest BCUT2D eigenvalue weighted by molar-refractivity contribution is -0.139. The van der Waals surface area contributed by atoms with Gasteiger partial charge in [0.15, 0.2) is 0 Å². The van der Waals surface area contributed by atoms with Crippen LogP contribution in [0.4, 0.5) is 0 Å². The highest BCUT2D eigenvalue weighted by Gasteiger charge is 2.20. The molecular weight excluding hydrogens is 382 g/mol. The van der Waals surface area contributed by atoms with Crippen molar-refractivity contribution in [3.63, 3.8) is 0 Å². The molecule has 1 aromatic rings. The summed E-state index contributed by atoms with van der Waals surface area (Å²) in [5.74, 6) is -2.33. The largest absolute Gasteiger partial charge is 0.496 e. The second kappa shape index (κ2) is 11.4. The van der Waals surface area contributed by atoms with E-state index < -0.39 is 36.2 Å². The SMILES string of the molecule is CCN(CC(=O)N[C@H](C=O)CC(=O)O)C(=O)CNC(=O)c1cccc(OC)c1C. The average molecular weight is 407 g/mol. The highest BCUT2D eigenvalue weighted by Crippen LogP contribution is 2.20. The van der Waals surface area contributed by atoms with E-state index in [9.17, 15) is 24.0 Å². The van der Waals surface area contributed by atoms with Crippen LogP contribution < -0.4 is 15.4 Å². The zero-order valence-electron chi connectivity index (χ0n) is 16.6. The van der Waals surface area contributed by atoms with Crippen LogP contribution in [0, 0.1) is 6.92 Å². The van der Waals surface area contributed by atoms with Gasteiger partial charge in [-0.25, -0.2) is 0 Å². The Balaban J connectivity index is 2.65. The van der Waals surface area contributed by atoms with E-state index >= 15 is 0 Å². The van der Waals surface area contributed by atoms with Crippen LogP contribution in [0.15, 0.2) is 18.2 Å². The molecule has 0 aliphatic heterocycles. The Morgan fingerprint density at radius 1 is 1.28 bits per heavy atom. The van der Waals surface area contributed by atoms with E-state index in [1.165, 1.54) is 12.0 Å². The Bertz CT molecular complexity index is 779. The maximum Gasteiger partial charge on any atom is 0.305 e. The first kappa shape index (κ1) is 23.6. The van der Waals surface area contributed by atoms with Crippen LogP contribution in [-0.4, -0.2) is 72.8 Å². The maximum absolute atomic E-state index is 12.3. The number of amides is 3. The summed E-state index contributed by atoms with van der Waals surface area (Å²) in [7, 11) is 1.49. The number of carboxylic acids is 1. The first-order chi connectivity index (χ1) is 13.7.